The number of hydrogen-bond acceptors (Lipinski definition) is 2. The smallest absolute Gasteiger partial charge is 0.128 e. The van der Waals surface area contributed by atoms with Gasteiger partial charge in [0.15, 0.2) is 0 Å². The maximum Gasteiger partial charge on any atom is 0.128 e. The van der Waals surface area contributed by atoms with Gasteiger partial charge >= 0.3 is 0 Å². The Morgan fingerprint density at radius 3 is 2.45 bits per heavy atom. The van der Waals surface area contributed by atoms with Crippen LogP contribution in [0.5, 0.6) is 0 Å². The fourth-order valence-corrected chi connectivity index (χ4v) is 3.21. The summed E-state index contributed by atoms with van der Waals surface area (Å²) in [6.07, 6.45) is 0. The van der Waals surface area contributed by atoms with E-state index in [1.165, 1.54) is 6.07 Å². The first-order chi connectivity index (χ1) is 9.43. The van der Waals surface area contributed by atoms with Crippen LogP contribution in [0.25, 0.3) is 0 Å². The van der Waals surface area contributed by atoms with E-state index in [4.69, 9.17) is 5.84 Å². The van der Waals surface area contributed by atoms with Crippen molar-refractivity contribution in [3.05, 3.63) is 67.3 Å². The molecule has 0 spiro atoms. The van der Waals surface area contributed by atoms with Crippen molar-refractivity contribution in [2.45, 2.75) is 19.9 Å². The van der Waals surface area contributed by atoms with Gasteiger partial charge in [-0.05, 0) is 54.8 Å². The van der Waals surface area contributed by atoms with Crippen molar-refractivity contribution in [3.8, 4) is 0 Å². The summed E-state index contributed by atoms with van der Waals surface area (Å²) in [5.74, 6) is 5.43. The summed E-state index contributed by atoms with van der Waals surface area (Å²) in [7, 11) is 0. The largest absolute Gasteiger partial charge is 0.271 e. The van der Waals surface area contributed by atoms with Crippen LogP contribution in [0.15, 0.2) is 39.3 Å². The van der Waals surface area contributed by atoms with Crippen LogP contribution >= 0.6 is 31.9 Å². The molecular formula is C15H15Br2FN2. The van der Waals surface area contributed by atoms with E-state index in [2.05, 4.69) is 37.3 Å². The molecule has 0 radical (unpaired) electrons. The van der Waals surface area contributed by atoms with Crippen LogP contribution in [0.4, 0.5) is 4.39 Å². The second-order valence-electron chi connectivity index (χ2n) is 4.74. The minimum absolute atomic E-state index is 0.252. The van der Waals surface area contributed by atoms with Gasteiger partial charge in [-0.2, -0.15) is 0 Å². The van der Waals surface area contributed by atoms with Gasteiger partial charge in [0.1, 0.15) is 5.82 Å². The molecule has 1 atom stereocenters. The first kappa shape index (κ1) is 15.6. The maximum atomic E-state index is 14.3. The average Bonchev–Trinajstić information content (AvgIpc) is 2.37. The number of hydrazine groups is 1. The molecule has 0 aliphatic heterocycles. The zero-order valence-electron chi connectivity index (χ0n) is 11.2. The highest BCUT2D eigenvalue weighted by molar-refractivity contribution is 9.11. The van der Waals surface area contributed by atoms with Crippen molar-refractivity contribution >= 4 is 31.9 Å². The third-order valence-corrected chi connectivity index (χ3v) is 4.42. The fraction of sp³-hybridized carbons (Fsp3) is 0.200. The SMILES string of the molecule is Cc1cc(C)c(C(NN)c2cc(Br)ccc2Br)c(F)c1. The summed E-state index contributed by atoms with van der Waals surface area (Å²) in [6.45, 7) is 3.77. The van der Waals surface area contributed by atoms with E-state index in [-0.39, 0.29) is 5.82 Å². The van der Waals surface area contributed by atoms with Gasteiger partial charge in [0.05, 0.1) is 6.04 Å². The third-order valence-electron chi connectivity index (χ3n) is 3.21. The summed E-state index contributed by atoms with van der Waals surface area (Å²) in [5.41, 5.74) is 5.93. The van der Waals surface area contributed by atoms with Crippen LogP contribution < -0.4 is 11.3 Å². The zero-order chi connectivity index (χ0) is 14.9. The Balaban J connectivity index is 2.61. The maximum absolute atomic E-state index is 14.3. The fourth-order valence-electron chi connectivity index (χ4n) is 2.36. The van der Waals surface area contributed by atoms with Crippen LogP contribution in [0, 0.1) is 19.7 Å². The van der Waals surface area contributed by atoms with Gasteiger partial charge < -0.3 is 0 Å². The molecule has 2 aromatic carbocycles. The lowest BCUT2D eigenvalue weighted by Gasteiger charge is -2.21. The molecule has 0 bridgehead atoms. The van der Waals surface area contributed by atoms with E-state index in [1.54, 1.807) is 0 Å². The summed E-state index contributed by atoms with van der Waals surface area (Å²) in [4.78, 5) is 0. The second kappa shape index (κ2) is 6.35. The molecule has 0 amide bonds. The molecule has 0 saturated carbocycles. The standard InChI is InChI=1S/C15H15Br2FN2/c1-8-5-9(2)14(13(18)6-8)15(20-19)11-7-10(16)3-4-12(11)17/h3-7,15,20H,19H2,1-2H3. The molecule has 2 aromatic rings. The monoisotopic (exact) mass is 400 g/mol. The lowest BCUT2D eigenvalue weighted by molar-refractivity contribution is 0.555. The molecule has 0 aromatic heterocycles. The molecular weight excluding hydrogens is 387 g/mol. The Hall–Kier alpha value is -0.750. The van der Waals surface area contributed by atoms with Crippen molar-refractivity contribution in [1.82, 2.24) is 5.43 Å². The molecule has 0 aliphatic rings. The van der Waals surface area contributed by atoms with E-state index in [9.17, 15) is 4.39 Å². The summed E-state index contributed by atoms with van der Waals surface area (Å²) in [6, 6.07) is 8.81. The predicted octanol–water partition coefficient (Wildman–Crippen LogP) is 4.52. The molecule has 5 heteroatoms. The molecule has 3 N–H and O–H groups in total. The zero-order valence-corrected chi connectivity index (χ0v) is 14.3. The van der Waals surface area contributed by atoms with E-state index in [0.29, 0.717) is 5.56 Å². The topological polar surface area (TPSA) is 38.0 Å². The molecule has 1 unspecified atom stereocenters. The summed E-state index contributed by atoms with van der Waals surface area (Å²) in [5, 5.41) is 0. The lowest BCUT2D eigenvalue weighted by Crippen LogP contribution is -2.30. The number of rotatable bonds is 3. The van der Waals surface area contributed by atoms with Gasteiger partial charge in [-0.15, -0.1) is 0 Å². The van der Waals surface area contributed by atoms with Crippen LogP contribution in [0.2, 0.25) is 0 Å². The van der Waals surface area contributed by atoms with Gasteiger partial charge in [0.2, 0.25) is 0 Å². The van der Waals surface area contributed by atoms with E-state index in [0.717, 1.165) is 25.6 Å². The molecule has 2 rings (SSSR count). The summed E-state index contributed by atoms with van der Waals surface area (Å²) < 4.78 is 16.1. The first-order valence-electron chi connectivity index (χ1n) is 6.11. The Kier molecular flexibility index (Phi) is 4.96. The van der Waals surface area contributed by atoms with Crippen LogP contribution in [0.1, 0.15) is 28.3 Å². The Labute approximate surface area is 134 Å². The highest BCUT2D eigenvalue weighted by Crippen LogP contribution is 2.33. The van der Waals surface area contributed by atoms with Gasteiger partial charge in [-0.3, -0.25) is 5.84 Å². The minimum atomic E-state index is -0.414. The van der Waals surface area contributed by atoms with Crippen LogP contribution in [-0.2, 0) is 0 Å². The Bertz CT molecular complexity index is 621. The molecule has 0 saturated heterocycles. The quantitative estimate of drug-likeness (QED) is 0.586. The van der Waals surface area contributed by atoms with Crippen molar-refractivity contribution in [2.24, 2.45) is 5.84 Å². The number of benzene rings is 2. The molecule has 0 heterocycles. The van der Waals surface area contributed by atoms with Gasteiger partial charge in [0, 0.05) is 14.5 Å². The van der Waals surface area contributed by atoms with Gasteiger partial charge in [-0.1, -0.05) is 37.9 Å². The number of nitrogens with two attached hydrogens (primary N) is 1. The lowest BCUT2D eigenvalue weighted by atomic mass is 9.93. The molecule has 106 valence electrons. The van der Waals surface area contributed by atoms with E-state index in [1.807, 2.05) is 38.1 Å². The number of aryl methyl sites for hydroxylation is 2. The summed E-state index contributed by atoms with van der Waals surface area (Å²) >= 11 is 6.93. The average molecular weight is 402 g/mol. The van der Waals surface area contributed by atoms with Crippen molar-refractivity contribution in [2.75, 3.05) is 0 Å². The number of halogens is 3. The van der Waals surface area contributed by atoms with Crippen molar-refractivity contribution < 1.29 is 4.39 Å². The van der Waals surface area contributed by atoms with Crippen LogP contribution in [0.3, 0.4) is 0 Å². The second-order valence-corrected chi connectivity index (χ2v) is 6.51. The van der Waals surface area contributed by atoms with Crippen LogP contribution in [-0.4, -0.2) is 0 Å². The van der Waals surface area contributed by atoms with Crippen molar-refractivity contribution in [1.29, 1.82) is 0 Å². The number of hydrogen-bond donors (Lipinski definition) is 2. The van der Waals surface area contributed by atoms with Crippen molar-refractivity contribution in [3.63, 3.8) is 0 Å². The number of nitrogens with one attached hydrogen (secondary N) is 1. The Morgan fingerprint density at radius 2 is 1.85 bits per heavy atom. The minimum Gasteiger partial charge on any atom is -0.271 e. The highest BCUT2D eigenvalue weighted by atomic mass is 79.9. The highest BCUT2D eigenvalue weighted by Gasteiger charge is 2.21. The Morgan fingerprint density at radius 1 is 1.15 bits per heavy atom. The van der Waals surface area contributed by atoms with Gasteiger partial charge in [0.25, 0.3) is 0 Å². The predicted molar refractivity (Wildman–Crippen MR) is 86.9 cm³/mol. The molecule has 20 heavy (non-hydrogen) atoms. The molecule has 2 nitrogen and oxygen atoms in total. The first-order valence-corrected chi connectivity index (χ1v) is 7.70. The van der Waals surface area contributed by atoms with E-state index >= 15 is 0 Å². The van der Waals surface area contributed by atoms with E-state index < -0.39 is 6.04 Å². The molecule has 0 aliphatic carbocycles. The molecule has 0 fully saturated rings. The normalized spacial score (nSPS) is 12.5. The van der Waals surface area contributed by atoms with Gasteiger partial charge in [-0.25, -0.2) is 9.82 Å². The third kappa shape index (κ3) is 3.11.